The summed E-state index contributed by atoms with van der Waals surface area (Å²) in [5, 5.41) is 11.7. The summed E-state index contributed by atoms with van der Waals surface area (Å²) >= 11 is 0. The van der Waals surface area contributed by atoms with Crippen LogP contribution in [0.3, 0.4) is 0 Å². The SMILES string of the molecule is Cc1nc(NC(=O)C(C)(C)C)ccc1CO. The number of anilines is 1. The molecule has 0 aliphatic heterocycles. The van der Waals surface area contributed by atoms with Crippen molar-refractivity contribution in [2.45, 2.75) is 34.3 Å². The fraction of sp³-hybridized carbons (Fsp3) is 0.500. The molecule has 0 spiro atoms. The van der Waals surface area contributed by atoms with Crippen molar-refractivity contribution in [1.82, 2.24) is 4.98 Å². The molecule has 16 heavy (non-hydrogen) atoms. The van der Waals surface area contributed by atoms with Crippen molar-refractivity contribution in [2.75, 3.05) is 5.32 Å². The van der Waals surface area contributed by atoms with Crippen LogP contribution < -0.4 is 5.32 Å². The fourth-order valence-electron chi connectivity index (χ4n) is 1.13. The van der Waals surface area contributed by atoms with Crippen LogP contribution in [0.2, 0.25) is 0 Å². The number of carbonyl (C=O) groups is 1. The minimum atomic E-state index is -0.439. The third kappa shape index (κ3) is 3.03. The van der Waals surface area contributed by atoms with E-state index in [1.165, 1.54) is 0 Å². The van der Waals surface area contributed by atoms with Gasteiger partial charge in [-0.3, -0.25) is 4.79 Å². The highest BCUT2D eigenvalue weighted by atomic mass is 16.3. The van der Waals surface area contributed by atoms with Gasteiger partial charge in [-0.2, -0.15) is 0 Å². The quantitative estimate of drug-likeness (QED) is 0.803. The molecule has 1 heterocycles. The molecule has 1 aromatic heterocycles. The highest BCUT2D eigenvalue weighted by molar-refractivity contribution is 5.93. The lowest BCUT2D eigenvalue weighted by atomic mass is 9.96. The number of nitrogens with one attached hydrogen (secondary N) is 1. The lowest BCUT2D eigenvalue weighted by Crippen LogP contribution is -2.28. The Morgan fingerprint density at radius 1 is 1.44 bits per heavy atom. The Morgan fingerprint density at radius 2 is 2.06 bits per heavy atom. The zero-order valence-corrected chi connectivity index (χ0v) is 10.2. The van der Waals surface area contributed by atoms with E-state index in [1.54, 1.807) is 19.1 Å². The second-order valence-electron chi connectivity index (χ2n) is 4.80. The van der Waals surface area contributed by atoms with Gasteiger partial charge in [-0.25, -0.2) is 4.98 Å². The van der Waals surface area contributed by atoms with Gasteiger partial charge in [0.05, 0.1) is 6.61 Å². The molecule has 0 saturated heterocycles. The Kier molecular flexibility index (Phi) is 3.65. The number of amides is 1. The number of rotatable bonds is 2. The minimum absolute atomic E-state index is 0.0354. The molecular formula is C12H18N2O2. The molecule has 0 unspecified atom stereocenters. The smallest absolute Gasteiger partial charge is 0.230 e. The number of aromatic nitrogens is 1. The van der Waals surface area contributed by atoms with Crippen molar-refractivity contribution in [3.63, 3.8) is 0 Å². The molecule has 4 heteroatoms. The molecule has 0 saturated carbocycles. The molecule has 1 aromatic rings. The zero-order chi connectivity index (χ0) is 12.3. The molecule has 0 atom stereocenters. The van der Waals surface area contributed by atoms with Crippen LogP contribution in [0.5, 0.6) is 0 Å². The van der Waals surface area contributed by atoms with E-state index < -0.39 is 5.41 Å². The third-order valence-corrected chi connectivity index (χ3v) is 2.29. The van der Waals surface area contributed by atoms with Gasteiger partial charge in [-0.05, 0) is 18.6 Å². The van der Waals surface area contributed by atoms with E-state index in [-0.39, 0.29) is 12.5 Å². The van der Waals surface area contributed by atoms with E-state index in [4.69, 9.17) is 5.11 Å². The van der Waals surface area contributed by atoms with Gasteiger partial charge in [0.25, 0.3) is 0 Å². The summed E-state index contributed by atoms with van der Waals surface area (Å²) in [5.41, 5.74) is 1.06. The Hall–Kier alpha value is -1.42. The Balaban J connectivity index is 2.84. The predicted molar refractivity (Wildman–Crippen MR) is 63.0 cm³/mol. The monoisotopic (exact) mass is 222 g/mol. The molecule has 1 rings (SSSR count). The van der Waals surface area contributed by atoms with Crippen molar-refractivity contribution >= 4 is 11.7 Å². The van der Waals surface area contributed by atoms with Gasteiger partial charge in [0.2, 0.25) is 5.91 Å². The maximum atomic E-state index is 11.7. The highest BCUT2D eigenvalue weighted by Gasteiger charge is 2.21. The molecule has 88 valence electrons. The molecule has 0 bridgehead atoms. The summed E-state index contributed by atoms with van der Waals surface area (Å²) < 4.78 is 0. The van der Waals surface area contributed by atoms with Crippen LogP contribution in [0.4, 0.5) is 5.82 Å². The van der Waals surface area contributed by atoms with E-state index in [0.29, 0.717) is 5.82 Å². The summed E-state index contributed by atoms with van der Waals surface area (Å²) in [6.45, 7) is 7.30. The maximum absolute atomic E-state index is 11.7. The number of hydrogen-bond acceptors (Lipinski definition) is 3. The van der Waals surface area contributed by atoms with Crippen LogP contribution in [0.1, 0.15) is 32.0 Å². The summed E-state index contributed by atoms with van der Waals surface area (Å²) in [7, 11) is 0. The van der Waals surface area contributed by atoms with Crippen molar-refractivity contribution in [2.24, 2.45) is 5.41 Å². The third-order valence-electron chi connectivity index (χ3n) is 2.29. The molecule has 0 aromatic carbocycles. The number of carbonyl (C=O) groups excluding carboxylic acids is 1. The molecular weight excluding hydrogens is 204 g/mol. The molecule has 4 nitrogen and oxygen atoms in total. The average molecular weight is 222 g/mol. The van der Waals surface area contributed by atoms with E-state index in [1.807, 2.05) is 20.8 Å². The Morgan fingerprint density at radius 3 is 2.50 bits per heavy atom. The van der Waals surface area contributed by atoms with Crippen LogP contribution >= 0.6 is 0 Å². The molecule has 0 aliphatic carbocycles. The number of pyridine rings is 1. The average Bonchev–Trinajstić information content (AvgIpc) is 2.16. The van der Waals surface area contributed by atoms with Gasteiger partial charge in [-0.1, -0.05) is 26.8 Å². The summed E-state index contributed by atoms with van der Waals surface area (Å²) in [6, 6.07) is 3.46. The summed E-state index contributed by atoms with van der Waals surface area (Å²) in [6.07, 6.45) is 0. The number of aliphatic hydroxyl groups excluding tert-OH is 1. The van der Waals surface area contributed by atoms with Crippen LogP contribution in [-0.2, 0) is 11.4 Å². The molecule has 2 N–H and O–H groups in total. The lowest BCUT2D eigenvalue weighted by molar-refractivity contribution is -0.123. The van der Waals surface area contributed by atoms with Crippen molar-refractivity contribution < 1.29 is 9.90 Å². The van der Waals surface area contributed by atoms with Crippen LogP contribution in [0.25, 0.3) is 0 Å². The molecule has 0 radical (unpaired) electrons. The number of nitrogens with zero attached hydrogens (tertiary/aromatic N) is 1. The summed E-state index contributed by atoms with van der Waals surface area (Å²) in [4.78, 5) is 15.9. The zero-order valence-electron chi connectivity index (χ0n) is 10.2. The van der Waals surface area contributed by atoms with Crippen molar-refractivity contribution in [1.29, 1.82) is 0 Å². The molecule has 0 fully saturated rings. The molecule has 0 aliphatic rings. The first-order chi connectivity index (χ1) is 7.34. The van der Waals surface area contributed by atoms with Crippen molar-refractivity contribution in [3.8, 4) is 0 Å². The van der Waals surface area contributed by atoms with E-state index in [0.717, 1.165) is 11.3 Å². The number of hydrogen-bond donors (Lipinski definition) is 2. The van der Waals surface area contributed by atoms with Gasteiger partial charge >= 0.3 is 0 Å². The minimum Gasteiger partial charge on any atom is -0.392 e. The second-order valence-corrected chi connectivity index (χ2v) is 4.80. The highest BCUT2D eigenvalue weighted by Crippen LogP contribution is 2.17. The van der Waals surface area contributed by atoms with Crippen LogP contribution in [0, 0.1) is 12.3 Å². The lowest BCUT2D eigenvalue weighted by Gasteiger charge is -2.17. The first-order valence-electron chi connectivity index (χ1n) is 5.23. The maximum Gasteiger partial charge on any atom is 0.230 e. The van der Waals surface area contributed by atoms with Gasteiger partial charge in [0, 0.05) is 11.1 Å². The normalized spacial score (nSPS) is 11.3. The first kappa shape index (κ1) is 12.6. The largest absolute Gasteiger partial charge is 0.392 e. The van der Waals surface area contributed by atoms with Gasteiger partial charge < -0.3 is 10.4 Å². The fourth-order valence-corrected chi connectivity index (χ4v) is 1.13. The van der Waals surface area contributed by atoms with Crippen molar-refractivity contribution in [3.05, 3.63) is 23.4 Å². The van der Waals surface area contributed by atoms with E-state index in [2.05, 4.69) is 10.3 Å². The van der Waals surface area contributed by atoms with Gasteiger partial charge in [0.1, 0.15) is 5.82 Å². The van der Waals surface area contributed by atoms with Crippen LogP contribution in [-0.4, -0.2) is 16.0 Å². The first-order valence-corrected chi connectivity index (χ1v) is 5.23. The predicted octanol–water partition coefficient (Wildman–Crippen LogP) is 1.87. The van der Waals surface area contributed by atoms with E-state index in [9.17, 15) is 4.79 Å². The van der Waals surface area contributed by atoms with Gasteiger partial charge in [-0.15, -0.1) is 0 Å². The Bertz CT molecular complexity index is 394. The molecule has 1 amide bonds. The number of aliphatic hydroxyl groups is 1. The van der Waals surface area contributed by atoms with Crippen LogP contribution in [0.15, 0.2) is 12.1 Å². The summed E-state index contributed by atoms with van der Waals surface area (Å²) in [5.74, 6) is 0.450. The standard InChI is InChI=1S/C12H18N2O2/c1-8-9(7-15)5-6-10(13-8)14-11(16)12(2,3)4/h5-6,15H,7H2,1-4H3,(H,13,14,16). The van der Waals surface area contributed by atoms with E-state index >= 15 is 0 Å². The Labute approximate surface area is 95.7 Å². The second kappa shape index (κ2) is 4.61. The number of aryl methyl sites for hydroxylation is 1. The topological polar surface area (TPSA) is 62.2 Å². The van der Waals surface area contributed by atoms with Gasteiger partial charge in [0.15, 0.2) is 0 Å².